The molecule has 2 nitrogen and oxygen atoms in total. The van der Waals surface area contributed by atoms with Gasteiger partial charge in [-0.1, -0.05) is 46.4 Å². The maximum Gasteiger partial charge on any atom is 0.0785 e. The molecule has 1 aromatic carbocycles. The molecule has 0 unspecified atom stereocenters. The fraction of sp³-hybridized carbons (Fsp3) is 0.571. The number of rotatable bonds is 10. The van der Waals surface area contributed by atoms with E-state index in [1.165, 1.54) is 0 Å². The monoisotopic (exact) mass is 422 g/mol. The zero-order valence-corrected chi connectivity index (χ0v) is 16.5. The maximum atomic E-state index is 8.81. The largest absolute Gasteiger partial charge is 0.396 e. The van der Waals surface area contributed by atoms with Gasteiger partial charge in [-0.05, 0) is 24.3 Å². The summed E-state index contributed by atoms with van der Waals surface area (Å²) in [5.74, 6) is 2.90. The van der Waals surface area contributed by atoms with Gasteiger partial charge in [0.1, 0.15) is 0 Å². The van der Waals surface area contributed by atoms with E-state index in [-0.39, 0.29) is 13.2 Å². The molecule has 0 spiro atoms. The molecule has 126 valence electrons. The third-order valence-electron chi connectivity index (χ3n) is 2.83. The highest BCUT2D eigenvalue weighted by molar-refractivity contribution is 7.98. The molecule has 0 aliphatic carbocycles. The highest BCUT2D eigenvalue weighted by Crippen LogP contribution is 2.43. The van der Waals surface area contributed by atoms with Gasteiger partial charge in [-0.3, -0.25) is 0 Å². The zero-order valence-electron chi connectivity index (χ0n) is 11.9. The van der Waals surface area contributed by atoms with Crippen LogP contribution in [0.2, 0.25) is 20.1 Å². The summed E-state index contributed by atoms with van der Waals surface area (Å²) < 4.78 is 0. The maximum absolute atomic E-state index is 8.81. The number of hydrogen-bond acceptors (Lipinski definition) is 4. The number of benzene rings is 1. The average Bonchev–Trinajstić information content (AvgIpc) is 2.51. The van der Waals surface area contributed by atoms with Crippen molar-refractivity contribution < 1.29 is 10.2 Å². The van der Waals surface area contributed by atoms with Crippen molar-refractivity contribution in [3.8, 4) is 0 Å². The summed E-state index contributed by atoms with van der Waals surface area (Å²) >= 11 is 28.5. The highest BCUT2D eigenvalue weighted by Gasteiger charge is 2.20. The Bertz CT molecular complexity index is 447. The van der Waals surface area contributed by atoms with E-state index < -0.39 is 0 Å². The van der Waals surface area contributed by atoms with Gasteiger partial charge in [0.2, 0.25) is 0 Å². The SMILES string of the molecule is OCCCSCc1c(Cl)c(Cl)c(Cl)c(CSCCCO)c1Cl. The first-order chi connectivity index (χ1) is 10.5. The molecule has 0 bridgehead atoms. The minimum Gasteiger partial charge on any atom is -0.396 e. The molecule has 22 heavy (non-hydrogen) atoms. The van der Waals surface area contributed by atoms with Gasteiger partial charge in [0, 0.05) is 35.8 Å². The lowest BCUT2D eigenvalue weighted by atomic mass is 10.1. The van der Waals surface area contributed by atoms with Crippen molar-refractivity contribution in [3.63, 3.8) is 0 Å². The number of thioether (sulfide) groups is 2. The van der Waals surface area contributed by atoms with E-state index in [1.54, 1.807) is 23.5 Å². The van der Waals surface area contributed by atoms with E-state index in [4.69, 9.17) is 56.6 Å². The van der Waals surface area contributed by atoms with Crippen LogP contribution < -0.4 is 0 Å². The lowest BCUT2D eigenvalue weighted by Gasteiger charge is -2.15. The van der Waals surface area contributed by atoms with Crippen molar-refractivity contribution >= 4 is 69.9 Å². The lowest BCUT2D eigenvalue weighted by Crippen LogP contribution is -1.97. The second-order valence-corrected chi connectivity index (χ2v) is 8.19. The van der Waals surface area contributed by atoms with Gasteiger partial charge in [-0.25, -0.2) is 0 Å². The Kier molecular flexibility index (Phi) is 11.0. The van der Waals surface area contributed by atoms with E-state index in [1.807, 2.05) is 0 Å². The summed E-state index contributed by atoms with van der Waals surface area (Å²) in [6.07, 6.45) is 1.45. The van der Waals surface area contributed by atoms with Crippen LogP contribution in [0.4, 0.5) is 0 Å². The van der Waals surface area contributed by atoms with E-state index in [2.05, 4.69) is 0 Å². The van der Waals surface area contributed by atoms with Gasteiger partial charge >= 0.3 is 0 Å². The van der Waals surface area contributed by atoms with Gasteiger partial charge in [0.05, 0.1) is 20.1 Å². The fourth-order valence-electron chi connectivity index (χ4n) is 1.67. The molecule has 0 amide bonds. The summed E-state index contributed by atoms with van der Waals surface area (Å²) in [6, 6.07) is 0. The van der Waals surface area contributed by atoms with Gasteiger partial charge in [-0.2, -0.15) is 23.5 Å². The van der Waals surface area contributed by atoms with E-state index >= 15 is 0 Å². The standard InChI is InChI=1S/C14H18Cl4O2S2/c15-11-9(7-21-5-1-3-19)12(16)14(18)13(17)10(11)8-22-6-2-4-20/h19-20H,1-8H2. The first-order valence-electron chi connectivity index (χ1n) is 6.75. The molecule has 1 aromatic rings. The van der Waals surface area contributed by atoms with Crippen LogP contribution in [0, 0.1) is 0 Å². The third-order valence-corrected chi connectivity index (χ3v) is 6.83. The van der Waals surface area contributed by atoms with Gasteiger partial charge in [-0.15, -0.1) is 0 Å². The molecular weight excluding hydrogens is 406 g/mol. The number of aliphatic hydroxyl groups excluding tert-OH is 2. The second kappa shape index (κ2) is 11.5. The Balaban J connectivity index is 2.89. The summed E-state index contributed by atoms with van der Waals surface area (Å²) in [4.78, 5) is 0. The first-order valence-corrected chi connectivity index (χ1v) is 10.6. The van der Waals surface area contributed by atoms with Crippen LogP contribution in [0.5, 0.6) is 0 Å². The molecule has 2 N–H and O–H groups in total. The normalized spacial score (nSPS) is 11.2. The lowest BCUT2D eigenvalue weighted by molar-refractivity contribution is 0.296. The summed E-state index contributed by atoms with van der Waals surface area (Å²) in [5, 5.41) is 19.3. The Hall–Kier alpha value is 1.000. The van der Waals surface area contributed by atoms with Gasteiger partial charge in [0.15, 0.2) is 0 Å². The molecule has 0 aliphatic heterocycles. The molecule has 8 heteroatoms. The summed E-state index contributed by atoms with van der Waals surface area (Å²) in [5.41, 5.74) is 1.58. The molecule has 0 radical (unpaired) electrons. The summed E-state index contributed by atoms with van der Waals surface area (Å²) in [7, 11) is 0. The van der Waals surface area contributed by atoms with Crippen LogP contribution in [-0.2, 0) is 11.5 Å². The number of hydrogen-bond donors (Lipinski definition) is 2. The molecule has 0 fully saturated rings. The first kappa shape index (κ1) is 21.0. The average molecular weight is 424 g/mol. The van der Waals surface area contributed by atoms with Crippen LogP contribution in [0.15, 0.2) is 0 Å². The Morgan fingerprint density at radius 2 is 1.05 bits per heavy atom. The predicted molar refractivity (Wildman–Crippen MR) is 102 cm³/mol. The molecule has 0 aliphatic rings. The Labute approximate surface area is 159 Å². The quantitative estimate of drug-likeness (QED) is 0.294. The van der Waals surface area contributed by atoms with Crippen LogP contribution in [-0.4, -0.2) is 34.9 Å². The molecule has 0 heterocycles. The molecule has 0 saturated heterocycles. The molecule has 0 atom stereocenters. The Morgan fingerprint density at radius 1 is 0.636 bits per heavy atom. The van der Waals surface area contributed by atoms with E-state index in [0.717, 1.165) is 35.5 Å². The smallest absolute Gasteiger partial charge is 0.0785 e. The highest BCUT2D eigenvalue weighted by atomic mass is 35.5. The molecule has 0 saturated carbocycles. The third kappa shape index (κ3) is 6.14. The van der Waals surface area contributed by atoms with Crippen LogP contribution in [0.3, 0.4) is 0 Å². The topological polar surface area (TPSA) is 40.5 Å². The van der Waals surface area contributed by atoms with Crippen molar-refractivity contribution in [1.82, 2.24) is 0 Å². The predicted octanol–water partition coefficient (Wildman–Crippen LogP) is 5.53. The number of halogens is 4. The minimum atomic E-state index is 0.169. The molecular formula is C14H18Cl4O2S2. The van der Waals surface area contributed by atoms with E-state index in [9.17, 15) is 0 Å². The fourth-order valence-corrected chi connectivity index (χ4v) is 5.14. The second-order valence-electron chi connectivity index (χ2n) is 4.47. The molecule has 0 aromatic heterocycles. The minimum absolute atomic E-state index is 0.169. The molecule has 1 rings (SSSR count). The van der Waals surface area contributed by atoms with Crippen molar-refractivity contribution in [1.29, 1.82) is 0 Å². The van der Waals surface area contributed by atoms with Crippen LogP contribution in [0.1, 0.15) is 24.0 Å². The summed E-state index contributed by atoms with van der Waals surface area (Å²) in [6.45, 7) is 0.338. The van der Waals surface area contributed by atoms with Crippen molar-refractivity contribution in [2.75, 3.05) is 24.7 Å². The number of aliphatic hydroxyl groups is 2. The van der Waals surface area contributed by atoms with Gasteiger partial charge < -0.3 is 10.2 Å². The van der Waals surface area contributed by atoms with Gasteiger partial charge in [0.25, 0.3) is 0 Å². The van der Waals surface area contributed by atoms with Crippen molar-refractivity contribution in [2.24, 2.45) is 0 Å². The van der Waals surface area contributed by atoms with Crippen LogP contribution in [0.25, 0.3) is 0 Å². The van der Waals surface area contributed by atoms with Crippen LogP contribution >= 0.6 is 69.9 Å². The zero-order chi connectivity index (χ0) is 16.5. The van der Waals surface area contributed by atoms with E-state index in [0.29, 0.717) is 31.6 Å². The Morgan fingerprint density at radius 3 is 1.41 bits per heavy atom. The van der Waals surface area contributed by atoms with Crippen molar-refractivity contribution in [3.05, 3.63) is 31.2 Å². The van der Waals surface area contributed by atoms with Crippen molar-refractivity contribution in [2.45, 2.75) is 24.3 Å².